The predicted octanol–water partition coefficient (Wildman–Crippen LogP) is 1.84. The van der Waals surface area contributed by atoms with Crippen LogP contribution in [0.15, 0.2) is 0 Å². The average molecular weight is 284 g/mol. The maximum atomic E-state index is 11.7. The van der Waals surface area contributed by atoms with Gasteiger partial charge in [0.15, 0.2) is 0 Å². The standard InChI is InChI=1S/C15H28N2O3/c1-3-20-15(19)16(2)12-8-10-17(11-9-12)13-6-4-5-7-14(13)18/h12-14,18H,3-11H2,1-2H3/t13-,14+/m0/s1. The number of aliphatic hydroxyl groups excluding tert-OH is 1. The highest BCUT2D eigenvalue weighted by molar-refractivity contribution is 5.67. The molecule has 116 valence electrons. The van der Waals surface area contributed by atoms with Crippen LogP contribution in [0.5, 0.6) is 0 Å². The summed E-state index contributed by atoms with van der Waals surface area (Å²) in [5.74, 6) is 0. The fourth-order valence-electron chi connectivity index (χ4n) is 3.50. The minimum atomic E-state index is -0.219. The maximum Gasteiger partial charge on any atom is 0.409 e. The Balaban J connectivity index is 1.81. The third-order valence-corrected chi connectivity index (χ3v) is 4.77. The zero-order chi connectivity index (χ0) is 14.5. The van der Waals surface area contributed by atoms with Crippen LogP contribution in [0.3, 0.4) is 0 Å². The molecule has 0 unspecified atom stereocenters. The second-order valence-electron chi connectivity index (χ2n) is 6.00. The van der Waals surface area contributed by atoms with Crippen molar-refractivity contribution in [3.8, 4) is 0 Å². The van der Waals surface area contributed by atoms with E-state index >= 15 is 0 Å². The number of piperidine rings is 1. The van der Waals surface area contributed by atoms with E-state index in [-0.39, 0.29) is 18.2 Å². The fraction of sp³-hybridized carbons (Fsp3) is 0.933. The summed E-state index contributed by atoms with van der Waals surface area (Å²) in [6.07, 6.45) is 5.99. The molecule has 1 saturated carbocycles. The highest BCUT2D eigenvalue weighted by Crippen LogP contribution is 2.26. The Morgan fingerprint density at radius 3 is 2.50 bits per heavy atom. The molecule has 0 aromatic carbocycles. The third kappa shape index (κ3) is 3.64. The van der Waals surface area contributed by atoms with Gasteiger partial charge in [-0.05, 0) is 32.6 Å². The van der Waals surface area contributed by atoms with E-state index in [9.17, 15) is 9.90 Å². The molecule has 2 rings (SSSR count). The molecule has 1 aliphatic carbocycles. The number of hydrogen-bond acceptors (Lipinski definition) is 4. The summed E-state index contributed by atoms with van der Waals surface area (Å²) in [7, 11) is 1.83. The Labute approximate surface area is 121 Å². The van der Waals surface area contributed by atoms with Crippen molar-refractivity contribution in [3.05, 3.63) is 0 Å². The molecule has 2 atom stereocenters. The van der Waals surface area contributed by atoms with E-state index in [2.05, 4.69) is 4.90 Å². The number of carbonyl (C=O) groups excluding carboxylic acids is 1. The Morgan fingerprint density at radius 1 is 1.25 bits per heavy atom. The molecule has 0 radical (unpaired) electrons. The van der Waals surface area contributed by atoms with Crippen LogP contribution in [0.1, 0.15) is 45.4 Å². The molecule has 1 heterocycles. The van der Waals surface area contributed by atoms with Crippen LogP contribution in [0.4, 0.5) is 4.79 Å². The van der Waals surface area contributed by atoms with E-state index in [0.717, 1.165) is 45.2 Å². The van der Waals surface area contributed by atoms with Crippen molar-refractivity contribution < 1.29 is 14.6 Å². The average Bonchev–Trinajstić information content (AvgIpc) is 2.47. The molecule has 1 amide bonds. The van der Waals surface area contributed by atoms with Crippen LogP contribution >= 0.6 is 0 Å². The normalized spacial score (nSPS) is 29.1. The van der Waals surface area contributed by atoms with Crippen LogP contribution in [-0.2, 0) is 4.74 Å². The monoisotopic (exact) mass is 284 g/mol. The van der Waals surface area contributed by atoms with E-state index in [1.807, 2.05) is 14.0 Å². The highest BCUT2D eigenvalue weighted by atomic mass is 16.6. The Kier molecular flexibility index (Phi) is 5.66. The van der Waals surface area contributed by atoms with Crippen molar-refractivity contribution in [2.75, 3.05) is 26.7 Å². The summed E-state index contributed by atoms with van der Waals surface area (Å²) in [5.41, 5.74) is 0. The first-order valence-corrected chi connectivity index (χ1v) is 7.95. The number of rotatable bonds is 3. The van der Waals surface area contributed by atoms with Gasteiger partial charge in [-0.15, -0.1) is 0 Å². The zero-order valence-corrected chi connectivity index (χ0v) is 12.8. The number of ether oxygens (including phenoxy) is 1. The van der Waals surface area contributed by atoms with Crippen molar-refractivity contribution in [2.45, 2.75) is 63.6 Å². The first kappa shape index (κ1) is 15.6. The van der Waals surface area contributed by atoms with Gasteiger partial charge >= 0.3 is 6.09 Å². The van der Waals surface area contributed by atoms with Gasteiger partial charge in [-0.2, -0.15) is 0 Å². The van der Waals surface area contributed by atoms with Gasteiger partial charge in [-0.1, -0.05) is 12.8 Å². The van der Waals surface area contributed by atoms with Crippen LogP contribution in [-0.4, -0.2) is 65.9 Å². The van der Waals surface area contributed by atoms with Crippen LogP contribution in [0, 0.1) is 0 Å². The number of hydrogen-bond donors (Lipinski definition) is 1. The van der Waals surface area contributed by atoms with Gasteiger partial charge in [0, 0.05) is 32.2 Å². The van der Waals surface area contributed by atoms with Crippen LogP contribution in [0.2, 0.25) is 0 Å². The lowest BCUT2D eigenvalue weighted by Gasteiger charge is -2.43. The molecular weight excluding hydrogens is 256 g/mol. The fourth-order valence-corrected chi connectivity index (χ4v) is 3.50. The van der Waals surface area contributed by atoms with Crippen molar-refractivity contribution >= 4 is 6.09 Å². The molecule has 5 nitrogen and oxygen atoms in total. The lowest BCUT2D eigenvalue weighted by Crippen LogP contribution is -2.52. The number of nitrogens with zero attached hydrogens (tertiary/aromatic N) is 2. The SMILES string of the molecule is CCOC(=O)N(C)C1CCN([C@H]2CCCC[C@H]2O)CC1. The molecule has 0 aromatic heterocycles. The van der Waals surface area contributed by atoms with Gasteiger partial charge < -0.3 is 14.7 Å². The Hall–Kier alpha value is -0.810. The summed E-state index contributed by atoms with van der Waals surface area (Å²) >= 11 is 0. The minimum absolute atomic E-state index is 0.164. The van der Waals surface area contributed by atoms with Crippen LogP contribution < -0.4 is 0 Å². The number of likely N-dealkylation sites (tertiary alicyclic amines) is 1. The molecule has 1 saturated heterocycles. The zero-order valence-electron chi connectivity index (χ0n) is 12.8. The van der Waals surface area contributed by atoms with Gasteiger partial charge in [-0.25, -0.2) is 4.79 Å². The van der Waals surface area contributed by atoms with E-state index < -0.39 is 0 Å². The number of amides is 1. The molecule has 0 spiro atoms. The first-order valence-electron chi connectivity index (χ1n) is 7.95. The van der Waals surface area contributed by atoms with Gasteiger partial charge in [0.25, 0.3) is 0 Å². The van der Waals surface area contributed by atoms with E-state index in [1.165, 1.54) is 6.42 Å². The topological polar surface area (TPSA) is 53.0 Å². The van der Waals surface area contributed by atoms with Crippen molar-refractivity contribution in [1.29, 1.82) is 0 Å². The molecule has 2 aliphatic rings. The summed E-state index contributed by atoms with van der Waals surface area (Å²) < 4.78 is 5.05. The third-order valence-electron chi connectivity index (χ3n) is 4.77. The van der Waals surface area contributed by atoms with E-state index in [1.54, 1.807) is 4.90 Å². The summed E-state index contributed by atoms with van der Waals surface area (Å²) in [5, 5.41) is 10.1. The number of aliphatic hydroxyl groups is 1. The highest BCUT2D eigenvalue weighted by Gasteiger charge is 2.33. The minimum Gasteiger partial charge on any atom is -0.450 e. The number of carbonyl (C=O) groups is 1. The molecule has 2 fully saturated rings. The Bertz CT molecular complexity index is 316. The van der Waals surface area contributed by atoms with Gasteiger partial charge in [0.2, 0.25) is 0 Å². The lowest BCUT2D eigenvalue weighted by atomic mass is 9.89. The van der Waals surface area contributed by atoms with Gasteiger partial charge in [0.05, 0.1) is 12.7 Å². The van der Waals surface area contributed by atoms with Crippen LogP contribution in [0.25, 0.3) is 0 Å². The smallest absolute Gasteiger partial charge is 0.409 e. The first-order chi connectivity index (χ1) is 9.63. The molecule has 20 heavy (non-hydrogen) atoms. The van der Waals surface area contributed by atoms with E-state index in [4.69, 9.17) is 4.74 Å². The second kappa shape index (κ2) is 7.27. The van der Waals surface area contributed by atoms with Crippen molar-refractivity contribution in [1.82, 2.24) is 9.80 Å². The largest absolute Gasteiger partial charge is 0.450 e. The second-order valence-corrected chi connectivity index (χ2v) is 6.00. The quantitative estimate of drug-likeness (QED) is 0.859. The van der Waals surface area contributed by atoms with Crippen molar-refractivity contribution in [2.24, 2.45) is 0 Å². The lowest BCUT2D eigenvalue weighted by molar-refractivity contribution is -0.00148. The van der Waals surface area contributed by atoms with Crippen molar-refractivity contribution in [3.63, 3.8) is 0 Å². The van der Waals surface area contributed by atoms with Gasteiger partial charge in [-0.3, -0.25) is 4.90 Å². The maximum absolute atomic E-state index is 11.7. The molecule has 5 heteroatoms. The molecular formula is C15H28N2O3. The molecule has 0 aromatic rings. The molecule has 0 bridgehead atoms. The summed E-state index contributed by atoms with van der Waals surface area (Å²) in [6, 6.07) is 0.601. The Morgan fingerprint density at radius 2 is 1.90 bits per heavy atom. The summed E-state index contributed by atoms with van der Waals surface area (Å²) in [6.45, 7) is 4.20. The van der Waals surface area contributed by atoms with E-state index in [0.29, 0.717) is 12.6 Å². The molecule has 1 aliphatic heterocycles. The predicted molar refractivity (Wildman–Crippen MR) is 77.6 cm³/mol. The molecule has 1 N–H and O–H groups in total. The summed E-state index contributed by atoms with van der Waals surface area (Å²) in [4.78, 5) is 15.9. The van der Waals surface area contributed by atoms with Gasteiger partial charge in [0.1, 0.15) is 0 Å².